The van der Waals surface area contributed by atoms with Gasteiger partial charge >= 0.3 is 5.97 Å². The molecule has 21 heavy (non-hydrogen) atoms. The van der Waals surface area contributed by atoms with Crippen LogP contribution in [0.5, 0.6) is 0 Å². The molecule has 6 heteroatoms. The Labute approximate surface area is 130 Å². The highest BCUT2D eigenvalue weighted by Crippen LogP contribution is 2.19. The minimum Gasteiger partial charge on any atom is -0.478 e. The number of nitrogens with one attached hydrogen (secondary N) is 2. The highest BCUT2D eigenvalue weighted by Gasteiger charge is 2.16. The number of hydrogen-bond donors (Lipinski definition) is 3. The van der Waals surface area contributed by atoms with E-state index in [1.165, 1.54) is 6.20 Å². The van der Waals surface area contributed by atoms with E-state index >= 15 is 0 Å². The molecule has 0 fully saturated rings. The molecule has 0 spiro atoms. The number of aryl methyl sites for hydroxylation is 2. The Morgan fingerprint density at radius 1 is 1.38 bits per heavy atom. The second kappa shape index (κ2) is 6.58. The van der Waals surface area contributed by atoms with Crippen LogP contribution in [-0.2, 0) is 11.2 Å². The Morgan fingerprint density at radius 3 is 2.81 bits per heavy atom. The van der Waals surface area contributed by atoms with Crippen LogP contribution in [-0.4, -0.2) is 22.0 Å². The highest BCUT2D eigenvalue weighted by molar-refractivity contribution is 9.10. The number of amides is 1. The lowest BCUT2D eigenvalue weighted by Gasteiger charge is -2.05. The maximum absolute atomic E-state index is 11.9. The zero-order valence-corrected chi connectivity index (χ0v) is 13.0. The Bertz CT molecular complexity index is 679. The molecule has 1 aromatic carbocycles. The Kier molecular flexibility index (Phi) is 4.80. The summed E-state index contributed by atoms with van der Waals surface area (Å²) >= 11 is 3.38. The summed E-state index contributed by atoms with van der Waals surface area (Å²) in [5.74, 6) is -1.27. The largest absolute Gasteiger partial charge is 0.478 e. The van der Waals surface area contributed by atoms with Gasteiger partial charge in [-0.15, -0.1) is 0 Å². The fraction of sp³-hybridized carbons (Fsp3) is 0.200. The molecule has 0 aliphatic carbocycles. The van der Waals surface area contributed by atoms with E-state index in [1.54, 1.807) is 6.92 Å². The quantitative estimate of drug-likeness (QED) is 0.773. The summed E-state index contributed by atoms with van der Waals surface area (Å²) in [7, 11) is 0. The average molecular weight is 351 g/mol. The Hall–Kier alpha value is -2.08. The van der Waals surface area contributed by atoms with Gasteiger partial charge in [0.2, 0.25) is 5.91 Å². The van der Waals surface area contributed by atoms with Crippen molar-refractivity contribution in [3.8, 4) is 0 Å². The first kappa shape index (κ1) is 15.3. The minimum absolute atomic E-state index is 0.103. The van der Waals surface area contributed by atoms with Crippen molar-refractivity contribution >= 4 is 33.5 Å². The van der Waals surface area contributed by atoms with Crippen LogP contribution >= 0.6 is 15.9 Å². The predicted molar refractivity (Wildman–Crippen MR) is 83.6 cm³/mol. The highest BCUT2D eigenvalue weighted by atomic mass is 79.9. The molecule has 0 aliphatic rings. The van der Waals surface area contributed by atoms with Gasteiger partial charge in [0, 0.05) is 22.8 Å². The van der Waals surface area contributed by atoms with Gasteiger partial charge in [0.1, 0.15) is 5.56 Å². The molecule has 3 N–H and O–H groups in total. The van der Waals surface area contributed by atoms with E-state index in [0.717, 1.165) is 10.0 Å². The SMILES string of the molecule is Cc1[nH]cc(NC(=O)CCc2cccc(Br)c2)c1C(=O)O. The van der Waals surface area contributed by atoms with Crippen LogP contribution in [0.25, 0.3) is 0 Å². The van der Waals surface area contributed by atoms with Gasteiger partial charge in [-0.3, -0.25) is 4.79 Å². The molecule has 1 heterocycles. The predicted octanol–water partition coefficient (Wildman–Crippen LogP) is 3.36. The van der Waals surface area contributed by atoms with Gasteiger partial charge in [0.05, 0.1) is 5.69 Å². The molecule has 1 amide bonds. The summed E-state index contributed by atoms with van der Waals surface area (Å²) in [6.07, 6.45) is 2.38. The standard InChI is InChI=1S/C15H15BrN2O3/c1-9-14(15(20)21)12(8-17-9)18-13(19)6-5-10-3-2-4-11(16)7-10/h2-4,7-8,17H,5-6H2,1H3,(H,18,19)(H,20,21). The number of halogens is 1. The van der Waals surface area contributed by atoms with Crippen LogP contribution in [0, 0.1) is 6.92 Å². The molecule has 2 rings (SSSR count). The minimum atomic E-state index is -1.06. The van der Waals surface area contributed by atoms with Crippen molar-refractivity contribution in [2.24, 2.45) is 0 Å². The first-order valence-electron chi connectivity index (χ1n) is 6.43. The summed E-state index contributed by atoms with van der Waals surface area (Å²) in [5, 5.41) is 11.7. The lowest BCUT2D eigenvalue weighted by Crippen LogP contribution is -2.14. The number of rotatable bonds is 5. The topological polar surface area (TPSA) is 82.2 Å². The lowest BCUT2D eigenvalue weighted by molar-refractivity contribution is -0.116. The number of hydrogen-bond acceptors (Lipinski definition) is 2. The van der Waals surface area contributed by atoms with Crippen molar-refractivity contribution in [1.82, 2.24) is 4.98 Å². The van der Waals surface area contributed by atoms with Gasteiger partial charge in [0.15, 0.2) is 0 Å². The number of benzene rings is 1. The normalized spacial score (nSPS) is 10.4. The summed E-state index contributed by atoms with van der Waals surface area (Å²) in [4.78, 5) is 25.9. The van der Waals surface area contributed by atoms with E-state index in [9.17, 15) is 9.59 Å². The summed E-state index contributed by atoms with van der Waals surface area (Å²) in [6, 6.07) is 7.73. The molecule has 0 radical (unpaired) electrons. The monoisotopic (exact) mass is 350 g/mol. The number of anilines is 1. The number of carbonyl (C=O) groups is 2. The molecule has 0 bridgehead atoms. The zero-order valence-electron chi connectivity index (χ0n) is 11.4. The first-order chi connectivity index (χ1) is 9.97. The van der Waals surface area contributed by atoms with E-state index in [1.807, 2.05) is 24.3 Å². The van der Waals surface area contributed by atoms with E-state index in [4.69, 9.17) is 5.11 Å². The Balaban J connectivity index is 1.98. The van der Waals surface area contributed by atoms with Crippen LogP contribution < -0.4 is 5.32 Å². The van der Waals surface area contributed by atoms with Crippen molar-refractivity contribution in [3.63, 3.8) is 0 Å². The van der Waals surface area contributed by atoms with Crippen LogP contribution in [0.15, 0.2) is 34.9 Å². The van der Waals surface area contributed by atoms with Gasteiger partial charge in [-0.05, 0) is 31.0 Å². The Morgan fingerprint density at radius 2 is 2.14 bits per heavy atom. The fourth-order valence-corrected chi connectivity index (χ4v) is 2.51. The van der Waals surface area contributed by atoms with Crippen LogP contribution in [0.4, 0.5) is 5.69 Å². The number of aromatic carboxylic acids is 1. The second-order valence-electron chi connectivity index (χ2n) is 4.69. The molecule has 0 aliphatic heterocycles. The fourth-order valence-electron chi connectivity index (χ4n) is 2.06. The van der Waals surface area contributed by atoms with E-state index in [-0.39, 0.29) is 11.5 Å². The van der Waals surface area contributed by atoms with E-state index in [2.05, 4.69) is 26.2 Å². The summed E-state index contributed by atoms with van der Waals surface area (Å²) in [6.45, 7) is 1.65. The summed E-state index contributed by atoms with van der Waals surface area (Å²) in [5.41, 5.74) is 1.97. The van der Waals surface area contributed by atoms with Crippen LogP contribution in [0.2, 0.25) is 0 Å². The third-order valence-electron chi connectivity index (χ3n) is 3.10. The van der Waals surface area contributed by atoms with Gasteiger partial charge in [-0.25, -0.2) is 4.79 Å². The second-order valence-corrected chi connectivity index (χ2v) is 5.60. The molecule has 0 unspecified atom stereocenters. The van der Waals surface area contributed by atoms with Crippen molar-refractivity contribution in [2.45, 2.75) is 19.8 Å². The molecule has 5 nitrogen and oxygen atoms in total. The molecular formula is C15H15BrN2O3. The molecule has 2 aromatic rings. The van der Waals surface area contributed by atoms with Crippen molar-refractivity contribution in [2.75, 3.05) is 5.32 Å². The molecule has 0 saturated heterocycles. The molecule has 0 atom stereocenters. The van der Waals surface area contributed by atoms with Crippen molar-refractivity contribution in [1.29, 1.82) is 0 Å². The van der Waals surface area contributed by atoms with Gasteiger partial charge in [-0.2, -0.15) is 0 Å². The van der Waals surface area contributed by atoms with E-state index in [0.29, 0.717) is 24.2 Å². The van der Waals surface area contributed by atoms with Crippen molar-refractivity contribution < 1.29 is 14.7 Å². The maximum atomic E-state index is 11.9. The number of carbonyl (C=O) groups excluding carboxylic acids is 1. The number of aromatic amines is 1. The van der Waals surface area contributed by atoms with Gasteiger partial charge < -0.3 is 15.4 Å². The summed E-state index contributed by atoms with van der Waals surface area (Å²) < 4.78 is 0.967. The number of carboxylic acid groups (broad SMARTS) is 1. The number of carboxylic acids is 1. The average Bonchev–Trinajstić information content (AvgIpc) is 2.77. The third kappa shape index (κ3) is 3.95. The molecule has 110 valence electrons. The smallest absolute Gasteiger partial charge is 0.339 e. The zero-order chi connectivity index (χ0) is 15.4. The number of H-pyrrole nitrogens is 1. The van der Waals surface area contributed by atoms with Crippen molar-refractivity contribution in [3.05, 3.63) is 51.8 Å². The van der Waals surface area contributed by atoms with Gasteiger partial charge in [-0.1, -0.05) is 28.1 Å². The van der Waals surface area contributed by atoms with Gasteiger partial charge in [0.25, 0.3) is 0 Å². The lowest BCUT2D eigenvalue weighted by atomic mass is 10.1. The molecular weight excluding hydrogens is 336 g/mol. The third-order valence-corrected chi connectivity index (χ3v) is 3.59. The molecule has 1 aromatic heterocycles. The molecule has 0 saturated carbocycles. The van der Waals surface area contributed by atoms with Crippen LogP contribution in [0.3, 0.4) is 0 Å². The number of aromatic nitrogens is 1. The maximum Gasteiger partial charge on any atom is 0.339 e. The van der Waals surface area contributed by atoms with E-state index < -0.39 is 5.97 Å². The van der Waals surface area contributed by atoms with Crippen LogP contribution in [0.1, 0.15) is 28.0 Å². The first-order valence-corrected chi connectivity index (χ1v) is 7.22.